The number of rotatable bonds is 5. The van der Waals surface area contributed by atoms with Gasteiger partial charge in [-0.3, -0.25) is 9.59 Å². The molecule has 0 unspecified atom stereocenters. The molecule has 0 aromatic heterocycles. The van der Waals surface area contributed by atoms with Gasteiger partial charge < -0.3 is 15.4 Å². The minimum Gasteiger partial charge on any atom is -0.449 e. The van der Waals surface area contributed by atoms with E-state index in [1.54, 1.807) is 6.07 Å². The quantitative estimate of drug-likeness (QED) is 0.755. The second-order valence-electron chi connectivity index (χ2n) is 5.88. The molecule has 0 aliphatic carbocycles. The van der Waals surface area contributed by atoms with Crippen LogP contribution < -0.4 is 10.6 Å². The van der Waals surface area contributed by atoms with Gasteiger partial charge in [0.25, 0.3) is 5.91 Å². The number of benzene rings is 2. The smallest absolute Gasteiger partial charge is 0.416 e. The summed E-state index contributed by atoms with van der Waals surface area (Å²) >= 11 is 0. The number of hydrogen-bond acceptors (Lipinski definition) is 4. The third-order valence-electron chi connectivity index (χ3n) is 3.53. The van der Waals surface area contributed by atoms with Crippen molar-refractivity contribution in [2.45, 2.75) is 26.1 Å². The van der Waals surface area contributed by atoms with E-state index < -0.39 is 29.7 Å². The first kappa shape index (κ1) is 20.9. The average molecular weight is 394 g/mol. The Morgan fingerprint density at radius 2 is 1.57 bits per heavy atom. The molecule has 2 aromatic rings. The summed E-state index contributed by atoms with van der Waals surface area (Å²) in [6, 6.07) is 10.0. The largest absolute Gasteiger partial charge is 0.449 e. The molecule has 2 rings (SSSR count). The molecule has 0 aliphatic rings. The molecule has 0 spiro atoms. The molecular weight excluding hydrogens is 377 g/mol. The van der Waals surface area contributed by atoms with Crippen molar-refractivity contribution in [3.63, 3.8) is 0 Å². The van der Waals surface area contributed by atoms with E-state index in [0.717, 1.165) is 18.2 Å². The van der Waals surface area contributed by atoms with E-state index in [4.69, 9.17) is 4.74 Å². The van der Waals surface area contributed by atoms with E-state index in [0.29, 0.717) is 5.69 Å². The third-order valence-corrected chi connectivity index (χ3v) is 3.53. The second-order valence-corrected chi connectivity index (χ2v) is 5.88. The monoisotopic (exact) mass is 394 g/mol. The fraction of sp³-hybridized carbons (Fsp3) is 0.211. The molecule has 2 aromatic carbocycles. The van der Waals surface area contributed by atoms with Crippen molar-refractivity contribution in [3.8, 4) is 0 Å². The van der Waals surface area contributed by atoms with Gasteiger partial charge in [0.2, 0.25) is 5.91 Å². The minimum atomic E-state index is -4.54. The Kier molecular flexibility index (Phi) is 6.40. The molecular formula is C19H17F3N2O4. The molecule has 9 heteroatoms. The number of nitrogens with one attached hydrogen (secondary N) is 2. The first-order valence-electron chi connectivity index (χ1n) is 8.13. The van der Waals surface area contributed by atoms with E-state index in [1.165, 1.54) is 38.1 Å². The Morgan fingerprint density at radius 1 is 0.964 bits per heavy atom. The fourth-order valence-electron chi connectivity index (χ4n) is 2.23. The van der Waals surface area contributed by atoms with E-state index in [-0.39, 0.29) is 17.2 Å². The summed E-state index contributed by atoms with van der Waals surface area (Å²) < 4.78 is 43.2. The summed E-state index contributed by atoms with van der Waals surface area (Å²) in [5, 5.41) is 4.78. The van der Waals surface area contributed by atoms with Crippen LogP contribution in [0.25, 0.3) is 0 Å². The van der Waals surface area contributed by atoms with Gasteiger partial charge in [0.1, 0.15) is 0 Å². The number of anilines is 2. The summed E-state index contributed by atoms with van der Waals surface area (Å²) in [5.41, 5.74) is -0.506. The number of ether oxygens (including phenoxy) is 1. The van der Waals surface area contributed by atoms with Crippen LogP contribution in [0, 0.1) is 0 Å². The topological polar surface area (TPSA) is 84.5 Å². The van der Waals surface area contributed by atoms with Crippen LogP contribution in [0.5, 0.6) is 0 Å². The van der Waals surface area contributed by atoms with Gasteiger partial charge in [-0.15, -0.1) is 0 Å². The highest BCUT2D eigenvalue weighted by atomic mass is 19.4. The van der Waals surface area contributed by atoms with Crippen LogP contribution in [0.4, 0.5) is 24.5 Å². The lowest BCUT2D eigenvalue weighted by molar-refractivity contribution is -0.137. The molecule has 0 bridgehead atoms. The zero-order valence-corrected chi connectivity index (χ0v) is 15.0. The first-order chi connectivity index (χ1) is 13.1. The number of esters is 1. The van der Waals surface area contributed by atoms with Gasteiger partial charge in [0, 0.05) is 18.3 Å². The van der Waals surface area contributed by atoms with Crippen molar-refractivity contribution in [1.29, 1.82) is 0 Å². The molecule has 28 heavy (non-hydrogen) atoms. The van der Waals surface area contributed by atoms with Crippen molar-refractivity contribution in [1.82, 2.24) is 0 Å². The maximum atomic E-state index is 12.7. The molecule has 148 valence electrons. The third kappa shape index (κ3) is 5.83. The lowest BCUT2D eigenvalue weighted by Gasteiger charge is -2.15. The van der Waals surface area contributed by atoms with Crippen LogP contribution in [0.2, 0.25) is 0 Å². The SMILES string of the molecule is CC(=O)Nc1cccc(C(=O)O[C@@H](C)C(=O)Nc2cccc(C(F)(F)F)c2)c1. The van der Waals surface area contributed by atoms with Crippen LogP contribution in [0.15, 0.2) is 48.5 Å². The average Bonchev–Trinajstić information content (AvgIpc) is 2.60. The Hall–Kier alpha value is -3.36. The highest BCUT2D eigenvalue weighted by Crippen LogP contribution is 2.30. The lowest BCUT2D eigenvalue weighted by atomic mass is 10.2. The molecule has 0 saturated carbocycles. The van der Waals surface area contributed by atoms with Crippen LogP contribution in [-0.4, -0.2) is 23.9 Å². The lowest BCUT2D eigenvalue weighted by Crippen LogP contribution is -2.30. The number of halogens is 3. The molecule has 0 fully saturated rings. The second kappa shape index (κ2) is 8.55. The zero-order valence-electron chi connectivity index (χ0n) is 15.0. The number of alkyl halides is 3. The van der Waals surface area contributed by atoms with Gasteiger partial charge in [0.15, 0.2) is 6.10 Å². The van der Waals surface area contributed by atoms with Crippen molar-refractivity contribution in [2.75, 3.05) is 10.6 Å². The van der Waals surface area contributed by atoms with E-state index in [9.17, 15) is 27.6 Å². The predicted molar refractivity (Wildman–Crippen MR) is 95.7 cm³/mol. The highest BCUT2D eigenvalue weighted by molar-refractivity contribution is 5.98. The summed E-state index contributed by atoms with van der Waals surface area (Å²) in [5.74, 6) is -1.93. The first-order valence-corrected chi connectivity index (χ1v) is 8.13. The summed E-state index contributed by atoms with van der Waals surface area (Å²) in [4.78, 5) is 35.4. The van der Waals surface area contributed by atoms with Crippen LogP contribution in [-0.2, 0) is 20.5 Å². The maximum Gasteiger partial charge on any atom is 0.416 e. The molecule has 0 radical (unpaired) electrons. The number of hydrogen-bond donors (Lipinski definition) is 2. The zero-order chi connectivity index (χ0) is 20.9. The van der Waals surface area contributed by atoms with Crippen molar-refractivity contribution in [2.24, 2.45) is 0 Å². The maximum absolute atomic E-state index is 12.7. The van der Waals surface area contributed by atoms with Gasteiger partial charge in [-0.2, -0.15) is 13.2 Å². The normalized spacial score (nSPS) is 12.0. The Balaban J connectivity index is 2.02. The minimum absolute atomic E-state index is 0.0737. The number of carbonyl (C=O) groups excluding carboxylic acids is 3. The number of carbonyl (C=O) groups is 3. The Morgan fingerprint density at radius 3 is 2.18 bits per heavy atom. The van der Waals surface area contributed by atoms with E-state index in [2.05, 4.69) is 10.6 Å². The van der Waals surface area contributed by atoms with E-state index in [1.807, 2.05) is 0 Å². The number of amides is 2. The Labute approximate surface area is 158 Å². The molecule has 1 atom stereocenters. The molecule has 0 aliphatic heterocycles. The highest BCUT2D eigenvalue weighted by Gasteiger charge is 2.30. The predicted octanol–water partition coefficient (Wildman–Crippen LogP) is 3.85. The summed E-state index contributed by atoms with van der Waals surface area (Å²) in [6.45, 7) is 2.60. The molecule has 0 heterocycles. The summed E-state index contributed by atoms with van der Waals surface area (Å²) in [7, 11) is 0. The van der Waals surface area contributed by atoms with Crippen molar-refractivity contribution >= 4 is 29.2 Å². The summed E-state index contributed by atoms with van der Waals surface area (Å²) in [6.07, 6.45) is -5.80. The molecule has 2 N–H and O–H groups in total. The van der Waals surface area contributed by atoms with Gasteiger partial charge in [0.05, 0.1) is 11.1 Å². The van der Waals surface area contributed by atoms with Gasteiger partial charge in [-0.05, 0) is 43.3 Å². The van der Waals surface area contributed by atoms with Gasteiger partial charge >= 0.3 is 12.1 Å². The van der Waals surface area contributed by atoms with E-state index >= 15 is 0 Å². The van der Waals surface area contributed by atoms with Crippen LogP contribution in [0.1, 0.15) is 29.8 Å². The molecule has 0 saturated heterocycles. The fourth-order valence-corrected chi connectivity index (χ4v) is 2.23. The molecule has 6 nitrogen and oxygen atoms in total. The van der Waals surface area contributed by atoms with Crippen LogP contribution in [0.3, 0.4) is 0 Å². The standard InChI is InChI=1S/C19H17F3N2O4/c1-11(17(26)24-16-8-4-6-14(10-16)19(20,21)22)28-18(27)13-5-3-7-15(9-13)23-12(2)25/h3-11H,1-2H3,(H,23,25)(H,24,26)/t11-/m0/s1. The molecule has 2 amide bonds. The Bertz CT molecular complexity index is 897. The van der Waals surface area contributed by atoms with Crippen LogP contribution >= 0.6 is 0 Å². The van der Waals surface area contributed by atoms with Crippen molar-refractivity contribution < 1.29 is 32.3 Å². The van der Waals surface area contributed by atoms with Crippen molar-refractivity contribution in [3.05, 3.63) is 59.7 Å². The van der Waals surface area contributed by atoms with Gasteiger partial charge in [-0.25, -0.2) is 4.79 Å². The van der Waals surface area contributed by atoms with Gasteiger partial charge in [-0.1, -0.05) is 12.1 Å².